The van der Waals surface area contributed by atoms with Gasteiger partial charge in [0.05, 0.1) is 5.69 Å². The minimum atomic E-state index is -0.323. The number of aryl methyl sites for hydroxylation is 2. The van der Waals surface area contributed by atoms with Crippen molar-refractivity contribution >= 4 is 17.1 Å². The molecule has 2 aromatic heterocycles. The largest absolute Gasteiger partial charge is 0.423 e. The number of hydrogen-bond acceptors (Lipinski definition) is 5. The number of halogens is 1. The molecule has 0 N–H and O–H groups in total. The van der Waals surface area contributed by atoms with Crippen molar-refractivity contribution in [2.45, 2.75) is 38.6 Å². The average molecular weight is 368 g/mol. The number of fused-ring (bicyclic) bond motifs is 2. The van der Waals surface area contributed by atoms with Gasteiger partial charge in [-0.1, -0.05) is 0 Å². The van der Waals surface area contributed by atoms with Gasteiger partial charge in [-0.05, 0) is 55.7 Å². The molecule has 27 heavy (non-hydrogen) atoms. The fraction of sp³-hybridized carbons (Fsp3) is 0.450. The van der Waals surface area contributed by atoms with E-state index in [2.05, 4.69) is 15.0 Å². The van der Waals surface area contributed by atoms with E-state index in [1.165, 1.54) is 12.1 Å². The Labute approximate surface area is 155 Å². The van der Waals surface area contributed by atoms with E-state index >= 15 is 0 Å². The van der Waals surface area contributed by atoms with E-state index in [1.807, 2.05) is 0 Å². The molecule has 3 heterocycles. The summed E-state index contributed by atoms with van der Waals surface area (Å²) in [5.74, 6) is 0.0870. The summed E-state index contributed by atoms with van der Waals surface area (Å²) in [7, 11) is 0. The summed E-state index contributed by atoms with van der Waals surface area (Å²) >= 11 is 0. The number of rotatable bonds is 3. The minimum Gasteiger partial charge on any atom is -0.423 e. The first kappa shape index (κ1) is 16.5. The second-order valence-electron chi connectivity index (χ2n) is 7.53. The molecule has 140 valence electrons. The Balaban J connectivity index is 1.27. The first-order chi connectivity index (χ1) is 13.2. The summed E-state index contributed by atoms with van der Waals surface area (Å²) in [6.45, 7) is 2.28. The van der Waals surface area contributed by atoms with E-state index in [1.54, 1.807) is 16.8 Å². The second kappa shape index (κ2) is 6.48. The van der Waals surface area contributed by atoms with Crippen molar-refractivity contribution in [3.63, 3.8) is 0 Å². The molecule has 0 bridgehead atoms. The summed E-state index contributed by atoms with van der Waals surface area (Å²) in [5, 5.41) is 4.59. The van der Waals surface area contributed by atoms with Crippen LogP contribution in [0.15, 0.2) is 33.5 Å². The van der Waals surface area contributed by atoms with E-state index in [-0.39, 0.29) is 11.4 Å². The number of aromatic nitrogens is 3. The zero-order valence-electron chi connectivity index (χ0n) is 15.0. The Morgan fingerprint density at radius 2 is 2.04 bits per heavy atom. The molecule has 1 aliphatic carbocycles. The van der Waals surface area contributed by atoms with Gasteiger partial charge in [-0.2, -0.15) is 10.1 Å². The minimum absolute atomic E-state index is 0.0130. The maximum absolute atomic E-state index is 13.3. The molecule has 0 atom stereocenters. The summed E-state index contributed by atoms with van der Waals surface area (Å²) in [4.78, 5) is 18.9. The average Bonchev–Trinajstić information content (AvgIpc) is 3.28. The van der Waals surface area contributed by atoms with Gasteiger partial charge in [0.15, 0.2) is 5.58 Å². The van der Waals surface area contributed by atoms with Crippen LogP contribution in [-0.4, -0.2) is 27.9 Å². The predicted octanol–water partition coefficient (Wildman–Crippen LogP) is 2.93. The lowest BCUT2D eigenvalue weighted by Crippen LogP contribution is -2.37. The van der Waals surface area contributed by atoms with Gasteiger partial charge in [0.25, 0.3) is 11.6 Å². The number of benzene rings is 1. The van der Waals surface area contributed by atoms with Crippen molar-refractivity contribution in [3.05, 3.63) is 51.7 Å². The smallest absolute Gasteiger partial charge is 0.298 e. The molecule has 0 unspecified atom stereocenters. The van der Waals surface area contributed by atoms with E-state index in [0.717, 1.165) is 56.5 Å². The topological polar surface area (TPSA) is 64.2 Å². The molecule has 3 aromatic rings. The Morgan fingerprint density at radius 3 is 2.89 bits per heavy atom. The molecular weight excluding hydrogens is 347 g/mol. The number of nitrogens with zero attached hydrogens (tertiary/aromatic N) is 4. The Kier molecular flexibility index (Phi) is 3.95. The molecule has 1 aromatic carbocycles. The second-order valence-corrected chi connectivity index (χ2v) is 7.53. The van der Waals surface area contributed by atoms with E-state index < -0.39 is 0 Å². The van der Waals surface area contributed by atoms with Crippen LogP contribution in [0.1, 0.15) is 30.5 Å². The van der Waals surface area contributed by atoms with Gasteiger partial charge < -0.3 is 9.32 Å². The fourth-order valence-corrected chi connectivity index (χ4v) is 4.14. The van der Waals surface area contributed by atoms with Gasteiger partial charge >= 0.3 is 0 Å². The van der Waals surface area contributed by atoms with Crippen molar-refractivity contribution in [2.75, 3.05) is 18.0 Å². The highest BCUT2D eigenvalue weighted by Gasteiger charge is 2.24. The SMILES string of the molecule is O=c1cc2c(nn1CC1CCN(c3nc4ccc(F)cc4o3)CC1)CCC2. The van der Waals surface area contributed by atoms with Crippen LogP contribution in [0.3, 0.4) is 0 Å². The molecule has 0 radical (unpaired) electrons. The molecular formula is C20H21FN4O2. The summed E-state index contributed by atoms with van der Waals surface area (Å²) in [6.07, 6.45) is 4.94. The van der Waals surface area contributed by atoms with Gasteiger partial charge in [-0.3, -0.25) is 4.79 Å². The number of piperidine rings is 1. The first-order valence-electron chi connectivity index (χ1n) is 9.57. The summed E-state index contributed by atoms with van der Waals surface area (Å²) in [6, 6.07) is 6.70. The van der Waals surface area contributed by atoms with Gasteiger partial charge in [0.1, 0.15) is 11.3 Å². The monoisotopic (exact) mass is 368 g/mol. The van der Waals surface area contributed by atoms with Gasteiger partial charge in [0, 0.05) is 31.8 Å². The molecule has 1 aliphatic heterocycles. The standard InChI is InChI=1S/C20H21FN4O2/c21-15-4-5-17-18(11-15)27-20(22-17)24-8-6-13(7-9-24)12-25-19(26)10-14-2-1-3-16(14)23-25/h4-5,10-11,13H,1-3,6-9,12H2. The summed E-state index contributed by atoms with van der Waals surface area (Å²) in [5.41, 5.74) is 3.37. The van der Waals surface area contributed by atoms with Crippen LogP contribution in [0.5, 0.6) is 0 Å². The van der Waals surface area contributed by atoms with Gasteiger partial charge in [-0.25, -0.2) is 9.07 Å². The van der Waals surface area contributed by atoms with Crippen LogP contribution in [0, 0.1) is 11.7 Å². The zero-order chi connectivity index (χ0) is 18.4. The van der Waals surface area contributed by atoms with Crippen molar-refractivity contribution < 1.29 is 8.81 Å². The third-order valence-electron chi connectivity index (χ3n) is 5.68. The molecule has 6 nitrogen and oxygen atoms in total. The lowest BCUT2D eigenvalue weighted by Gasteiger charge is -2.30. The summed E-state index contributed by atoms with van der Waals surface area (Å²) < 4.78 is 20.7. The fourth-order valence-electron chi connectivity index (χ4n) is 4.14. The Hall–Kier alpha value is -2.70. The highest BCUT2D eigenvalue weighted by Crippen LogP contribution is 2.27. The van der Waals surface area contributed by atoms with Gasteiger partial charge in [-0.15, -0.1) is 0 Å². The normalized spacial score (nSPS) is 17.6. The van der Waals surface area contributed by atoms with E-state index in [9.17, 15) is 9.18 Å². The lowest BCUT2D eigenvalue weighted by atomic mass is 9.97. The molecule has 1 saturated heterocycles. The predicted molar refractivity (Wildman–Crippen MR) is 99.4 cm³/mol. The van der Waals surface area contributed by atoms with Crippen LogP contribution < -0.4 is 10.5 Å². The molecule has 1 fully saturated rings. The van der Waals surface area contributed by atoms with Crippen molar-refractivity contribution in [2.24, 2.45) is 5.92 Å². The van der Waals surface area contributed by atoms with Crippen LogP contribution in [0.4, 0.5) is 10.4 Å². The number of hydrogen-bond donors (Lipinski definition) is 0. The van der Waals surface area contributed by atoms with Crippen LogP contribution in [0.25, 0.3) is 11.1 Å². The molecule has 0 saturated carbocycles. The third kappa shape index (κ3) is 3.11. The maximum Gasteiger partial charge on any atom is 0.298 e. The van der Waals surface area contributed by atoms with Gasteiger partial charge in [0.2, 0.25) is 0 Å². The van der Waals surface area contributed by atoms with Crippen LogP contribution in [0.2, 0.25) is 0 Å². The van der Waals surface area contributed by atoms with E-state index in [4.69, 9.17) is 4.42 Å². The Morgan fingerprint density at radius 1 is 1.19 bits per heavy atom. The van der Waals surface area contributed by atoms with Crippen LogP contribution >= 0.6 is 0 Å². The van der Waals surface area contributed by atoms with Crippen molar-refractivity contribution in [1.29, 1.82) is 0 Å². The third-order valence-corrected chi connectivity index (χ3v) is 5.68. The Bertz CT molecular complexity index is 1050. The highest BCUT2D eigenvalue weighted by atomic mass is 19.1. The number of anilines is 1. The molecule has 5 rings (SSSR count). The van der Waals surface area contributed by atoms with Crippen molar-refractivity contribution in [3.8, 4) is 0 Å². The lowest BCUT2D eigenvalue weighted by molar-refractivity contribution is 0.327. The highest BCUT2D eigenvalue weighted by molar-refractivity contribution is 5.74. The number of oxazole rings is 1. The zero-order valence-corrected chi connectivity index (χ0v) is 15.0. The molecule has 0 amide bonds. The first-order valence-corrected chi connectivity index (χ1v) is 9.57. The quantitative estimate of drug-likeness (QED) is 0.711. The van der Waals surface area contributed by atoms with Crippen LogP contribution in [-0.2, 0) is 19.4 Å². The maximum atomic E-state index is 13.3. The molecule has 2 aliphatic rings. The molecule has 7 heteroatoms. The van der Waals surface area contributed by atoms with Crippen molar-refractivity contribution in [1.82, 2.24) is 14.8 Å². The van der Waals surface area contributed by atoms with E-state index in [0.29, 0.717) is 29.6 Å². The molecule has 0 spiro atoms.